The van der Waals surface area contributed by atoms with Crippen LogP contribution in [-0.2, 0) is 10.2 Å². The predicted octanol–water partition coefficient (Wildman–Crippen LogP) is 3.77. The third-order valence-corrected chi connectivity index (χ3v) is 4.19. The van der Waals surface area contributed by atoms with Gasteiger partial charge in [-0.05, 0) is 25.0 Å². The Balaban J connectivity index is 2.62. The molecule has 2 rings (SSSR count). The van der Waals surface area contributed by atoms with Crippen LogP contribution in [0.2, 0.25) is 5.02 Å². The molecule has 0 bridgehead atoms. The first kappa shape index (κ1) is 14.1. The van der Waals surface area contributed by atoms with Crippen LogP contribution in [0, 0.1) is 5.82 Å². The van der Waals surface area contributed by atoms with Crippen molar-refractivity contribution in [3.63, 3.8) is 0 Å². The quantitative estimate of drug-likeness (QED) is 0.920. The van der Waals surface area contributed by atoms with E-state index < -0.39 is 17.2 Å². The summed E-state index contributed by atoms with van der Waals surface area (Å²) < 4.78 is 19.4. The van der Waals surface area contributed by atoms with Gasteiger partial charge in [0.15, 0.2) is 11.6 Å². The topological polar surface area (TPSA) is 46.5 Å². The van der Waals surface area contributed by atoms with Crippen molar-refractivity contribution >= 4 is 17.6 Å². The molecule has 104 valence electrons. The second-order valence-electron chi connectivity index (χ2n) is 4.89. The van der Waals surface area contributed by atoms with Gasteiger partial charge in [-0.1, -0.05) is 30.9 Å². The van der Waals surface area contributed by atoms with Gasteiger partial charge in [-0.15, -0.1) is 0 Å². The van der Waals surface area contributed by atoms with E-state index in [9.17, 15) is 14.3 Å². The summed E-state index contributed by atoms with van der Waals surface area (Å²) in [5.41, 5.74) is -1.16. The average Bonchev–Trinajstić information content (AvgIpc) is 2.40. The van der Waals surface area contributed by atoms with Crippen LogP contribution in [0.3, 0.4) is 0 Å². The van der Waals surface area contributed by atoms with Gasteiger partial charge >= 0.3 is 5.97 Å². The maximum absolute atomic E-state index is 14.5. The number of hydrogen-bond acceptors (Lipinski definition) is 2. The van der Waals surface area contributed by atoms with Crippen LogP contribution in [0.4, 0.5) is 4.39 Å². The molecule has 0 spiro atoms. The number of halogens is 2. The molecule has 1 aromatic carbocycles. The van der Waals surface area contributed by atoms with E-state index in [2.05, 4.69) is 0 Å². The van der Waals surface area contributed by atoms with Crippen molar-refractivity contribution in [2.45, 2.75) is 37.5 Å². The number of aliphatic carboxylic acids is 1. The van der Waals surface area contributed by atoms with Crippen LogP contribution >= 0.6 is 11.6 Å². The molecule has 0 atom stereocenters. The number of carboxylic acids is 1. The Bertz CT molecular complexity index is 496. The first-order chi connectivity index (χ1) is 9.03. The second kappa shape index (κ2) is 5.37. The maximum Gasteiger partial charge on any atom is 0.314 e. The van der Waals surface area contributed by atoms with Gasteiger partial charge < -0.3 is 9.84 Å². The van der Waals surface area contributed by atoms with Crippen molar-refractivity contribution in [2.24, 2.45) is 0 Å². The van der Waals surface area contributed by atoms with Crippen LogP contribution in [0.15, 0.2) is 12.1 Å². The maximum atomic E-state index is 14.5. The number of ether oxygens (including phenoxy) is 1. The van der Waals surface area contributed by atoms with Gasteiger partial charge in [-0.25, -0.2) is 4.39 Å². The molecule has 0 heterocycles. The SMILES string of the molecule is COc1ccc(Cl)c(C2(C(=O)O)CCCCC2)c1F. The van der Waals surface area contributed by atoms with E-state index in [0.717, 1.165) is 19.3 Å². The van der Waals surface area contributed by atoms with Gasteiger partial charge in [0.05, 0.1) is 12.5 Å². The first-order valence-corrected chi connectivity index (χ1v) is 6.66. The van der Waals surface area contributed by atoms with E-state index in [1.54, 1.807) is 0 Å². The van der Waals surface area contributed by atoms with Crippen LogP contribution < -0.4 is 4.74 Å². The monoisotopic (exact) mass is 286 g/mol. The highest BCUT2D eigenvalue weighted by atomic mass is 35.5. The van der Waals surface area contributed by atoms with E-state index in [1.165, 1.54) is 19.2 Å². The van der Waals surface area contributed by atoms with Gasteiger partial charge in [0.2, 0.25) is 0 Å². The third-order valence-electron chi connectivity index (χ3n) is 3.87. The lowest BCUT2D eigenvalue weighted by molar-refractivity contribution is -0.145. The summed E-state index contributed by atoms with van der Waals surface area (Å²) >= 11 is 6.07. The normalized spacial score (nSPS) is 18.1. The zero-order chi connectivity index (χ0) is 14.0. The Morgan fingerprint density at radius 3 is 2.53 bits per heavy atom. The standard InChI is InChI=1S/C14H16ClFO3/c1-19-10-6-5-9(15)11(12(10)16)14(13(17)18)7-3-2-4-8-14/h5-6H,2-4,7-8H2,1H3,(H,17,18). The van der Waals surface area contributed by atoms with Crippen molar-refractivity contribution in [3.05, 3.63) is 28.5 Å². The highest BCUT2D eigenvalue weighted by molar-refractivity contribution is 6.31. The zero-order valence-electron chi connectivity index (χ0n) is 10.7. The average molecular weight is 287 g/mol. The summed E-state index contributed by atoms with van der Waals surface area (Å²) in [6, 6.07) is 2.91. The molecule has 19 heavy (non-hydrogen) atoms. The lowest BCUT2D eigenvalue weighted by atomic mass is 9.69. The molecular weight excluding hydrogens is 271 g/mol. The van der Waals surface area contributed by atoms with Crippen LogP contribution in [0.1, 0.15) is 37.7 Å². The molecule has 1 fully saturated rings. The highest BCUT2D eigenvalue weighted by Crippen LogP contribution is 2.45. The third kappa shape index (κ3) is 2.29. The summed E-state index contributed by atoms with van der Waals surface area (Å²) in [4.78, 5) is 11.7. The molecule has 1 aliphatic carbocycles. The summed E-state index contributed by atoms with van der Waals surface area (Å²) in [5, 5.41) is 9.74. The number of hydrogen-bond donors (Lipinski definition) is 1. The van der Waals surface area contributed by atoms with Crippen molar-refractivity contribution in [1.29, 1.82) is 0 Å². The van der Waals surface area contributed by atoms with Crippen LogP contribution in [-0.4, -0.2) is 18.2 Å². The molecule has 0 amide bonds. The fraction of sp³-hybridized carbons (Fsp3) is 0.500. The van der Waals surface area contributed by atoms with Gasteiger partial charge in [-0.3, -0.25) is 4.79 Å². The number of carbonyl (C=O) groups is 1. The van der Waals surface area contributed by atoms with E-state index in [1.807, 2.05) is 0 Å². The fourth-order valence-electron chi connectivity index (χ4n) is 2.86. The molecular formula is C14H16ClFO3. The molecule has 0 radical (unpaired) electrons. The van der Waals surface area contributed by atoms with E-state index in [4.69, 9.17) is 16.3 Å². The minimum absolute atomic E-state index is 0.0330. The van der Waals surface area contributed by atoms with Gasteiger partial charge in [0.25, 0.3) is 0 Å². The molecule has 0 aromatic heterocycles. The fourth-order valence-corrected chi connectivity index (χ4v) is 3.18. The number of carboxylic acid groups (broad SMARTS) is 1. The first-order valence-electron chi connectivity index (χ1n) is 6.29. The Hall–Kier alpha value is -1.29. The van der Waals surface area contributed by atoms with Crippen molar-refractivity contribution in [1.82, 2.24) is 0 Å². The number of benzene rings is 1. The minimum atomic E-state index is -1.23. The highest BCUT2D eigenvalue weighted by Gasteiger charge is 2.45. The molecule has 1 N–H and O–H groups in total. The summed E-state index contributed by atoms with van der Waals surface area (Å²) in [6.45, 7) is 0. The summed E-state index contributed by atoms with van der Waals surface area (Å²) in [6.07, 6.45) is 3.31. The number of methoxy groups -OCH3 is 1. The van der Waals surface area contributed by atoms with Crippen molar-refractivity contribution in [3.8, 4) is 5.75 Å². The Labute approximate surface area is 116 Å². The zero-order valence-corrected chi connectivity index (χ0v) is 11.5. The van der Waals surface area contributed by atoms with Crippen LogP contribution in [0.5, 0.6) is 5.75 Å². The van der Waals surface area contributed by atoms with E-state index in [-0.39, 0.29) is 16.3 Å². The largest absolute Gasteiger partial charge is 0.494 e. The molecule has 0 unspecified atom stereocenters. The molecule has 0 saturated heterocycles. The van der Waals surface area contributed by atoms with Gasteiger partial charge in [-0.2, -0.15) is 0 Å². The molecule has 0 aliphatic heterocycles. The second-order valence-corrected chi connectivity index (χ2v) is 5.29. The van der Waals surface area contributed by atoms with Gasteiger partial charge in [0.1, 0.15) is 0 Å². The minimum Gasteiger partial charge on any atom is -0.494 e. The van der Waals surface area contributed by atoms with Gasteiger partial charge in [0, 0.05) is 10.6 Å². The smallest absolute Gasteiger partial charge is 0.314 e. The number of rotatable bonds is 3. The van der Waals surface area contributed by atoms with Crippen molar-refractivity contribution in [2.75, 3.05) is 7.11 Å². The molecule has 5 heteroatoms. The molecule has 1 aliphatic rings. The Morgan fingerprint density at radius 2 is 2.00 bits per heavy atom. The predicted molar refractivity (Wildman–Crippen MR) is 70.4 cm³/mol. The van der Waals surface area contributed by atoms with Crippen LogP contribution in [0.25, 0.3) is 0 Å². The lowest BCUT2D eigenvalue weighted by Crippen LogP contribution is -2.39. The molecule has 1 saturated carbocycles. The Kier molecular flexibility index (Phi) is 3.99. The lowest BCUT2D eigenvalue weighted by Gasteiger charge is -2.34. The molecule has 3 nitrogen and oxygen atoms in total. The Morgan fingerprint density at radius 1 is 1.37 bits per heavy atom. The van der Waals surface area contributed by atoms with E-state index >= 15 is 0 Å². The van der Waals surface area contributed by atoms with E-state index in [0.29, 0.717) is 12.8 Å². The summed E-state index contributed by atoms with van der Waals surface area (Å²) in [5.74, 6) is -1.63. The summed E-state index contributed by atoms with van der Waals surface area (Å²) in [7, 11) is 1.35. The molecule has 1 aromatic rings. The van der Waals surface area contributed by atoms with Crippen molar-refractivity contribution < 1.29 is 19.0 Å².